The van der Waals surface area contributed by atoms with E-state index in [1.807, 2.05) is 0 Å². The molecule has 0 radical (unpaired) electrons. The molecule has 0 aliphatic heterocycles. The second-order valence-corrected chi connectivity index (χ2v) is 6.81. The van der Waals surface area contributed by atoms with E-state index in [0.29, 0.717) is 30.2 Å². The zero-order valence-electron chi connectivity index (χ0n) is 13.0. The lowest BCUT2D eigenvalue weighted by Crippen LogP contribution is -2.38. The lowest BCUT2D eigenvalue weighted by molar-refractivity contribution is 0.149. The van der Waals surface area contributed by atoms with Crippen LogP contribution < -0.4 is 5.32 Å². The van der Waals surface area contributed by atoms with Crippen molar-refractivity contribution in [2.75, 3.05) is 27.8 Å². The summed E-state index contributed by atoms with van der Waals surface area (Å²) in [6.45, 7) is 6.05. The summed E-state index contributed by atoms with van der Waals surface area (Å²) in [6, 6.07) is -0.248. The van der Waals surface area contributed by atoms with Gasteiger partial charge in [-0.3, -0.25) is 0 Å². The first-order chi connectivity index (χ1) is 9.27. The summed E-state index contributed by atoms with van der Waals surface area (Å²) in [6.07, 6.45) is 0. The monoisotopic (exact) mass is 304 g/mol. The highest BCUT2D eigenvalue weighted by molar-refractivity contribution is 7.89. The first-order valence-corrected chi connectivity index (χ1v) is 7.91. The van der Waals surface area contributed by atoms with E-state index in [-0.39, 0.29) is 10.9 Å². The number of methoxy groups -OCH3 is 1. The molecule has 1 heterocycles. The molecule has 1 N–H and O–H groups in total. The Morgan fingerprint density at radius 1 is 1.35 bits per heavy atom. The molecule has 1 unspecified atom stereocenters. The van der Waals surface area contributed by atoms with Crippen molar-refractivity contribution in [1.29, 1.82) is 0 Å². The van der Waals surface area contributed by atoms with Crippen molar-refractivity contribution in [2.45, 2.75) is 38.3 Å². The van der Waals surface area contributed by atoms with Crippen LogP contribution in [0, 0.1) is 13.8 Å². The van der Waals surface area contributed by atoms with Gasteiger partial charge in [-0.05, 0) is 27.8 Å². The molecule has 1 aromatic rings. The minimum Gasteiger partial charge on any atom is -0.465 e. The zero-order chi connectivity index (χ0) is 15.5. The molecule has 6 nitrogen and oxygen atoms in total. The van der Waals surface area contributed by atoms with Crippen molar-refractivity contribution in [3.05, 3.63) is 17.1 Å². The van der Waals surface area contributed by atoms with Gasteiger partial charge in [-0.15, -0.1) is 0 Å². The third-order valence-corrected chi connectivity index (χ3v) is 5.51. The number of nitrogens with one attached hydrogen (secondary N) is 1. The molecule has 0 aromatic carbocycles. The summed E-state index contributed by atoms with van der Waals surface area (Å²) in [5.41, 5.74) is 0.682. The van der Waals surface area contributed by atoms with Gasteiger partial charge >= 0.3 is 0 Å². The first-order valence-electron chi connectivity index (χ1n) is 6.47. The van der Waals surface area contributed by atoms with Crippen molar-refractivity contribution in [3.63, 3.8) is 0 Å². The Morgan fingerprint density at radius 2 is 1.95 bits per heavy atom. The van der Waals surface area contributed by atoms with Gasteiger partial charge in [-0.1, -0.05) is 0 Å². The van der Waals surface area contributed by atoms with Crippen LogP contribution in [0.2, 0.25) is 0 Å². The fraction of sp³-hybridized carbons (Fsp3) is 0.692. The fourth-order valence-electron chi connectivity index (χ4n) is 2.16. The zero-order valence-corrected chi connectivity index (χ0v) is 13.8. The van der Waals surface area contributed by atoms with Gasteiger partial charge < -0.3 is 14.5 Å². The summed E-state index contributed by atoms with van der Waals surface area (Å²) in [5.74, 6) is 1.05. The Morgan fingerprint density at radius 3 is 2.45 bits per heavy atom. The molecule has 1 rings (SSSR count). The van der Waals surface area contributed by atoms with Crippen LogP contribution in [0.3, 0.4) is 0 Å². The lowest BCUT2D eigenvalue weighted by Gasteiger charge is -2.24. The van der Waals surface area contributed by atoms with Crippen LogP contribution in [-0.4, -0.2) is 46.6 Å². The standard InChI is InChI=1S/C13H24N2O4S/c1-9(8-18-6)15(5)20(16,17)13-11(3)19-10(2)12(13)7-14-4/h9,14H,7-8H2,1-6H3. The molecule has 0 aliphatic rings. The molecular weight excluding hydrogens is 280 g/mol. The van der Waals surface area contributed by atoms with E-state index in [2.05, 4.69) is 5.32 Å². The number of hydrogen-bond acceptors (Lipinski definition) is 5. The van der Waals surface area contributed by atoms with E-state index in [4.69, 9.17) is 9.15 Å². The summed E-state index contributed by atoms with van der Waals surface area (Å²) in [7, 11) is 1.28. The van der Waals surface area contributed by atoms with Crippen molar-refractivity contribution in [2.24, 2.45) is 0 Å². The van der Waals surface area contributed by atoms with E-state index >= 15 is 0 Å². The van der Waals surface area contributed by atoms with Gasteiger partial charge in [0.25, 0.3) is 0 Å². The Balaban J connectivity index is 3.28. The van der Waals surface area contributed by atoms with Crippen molar-refractivity contribution in [1.82, 2.24) is 9.62 Å². The average molecular weight is 304 g/mol. The molecule has 20 heavy (non-hydrogen) atoms. The number of hydrogen-bond donors (Lipinski definition) is 1. The molecule has 0 saturated carbocycles. The maximum Gasteiger partial charge on any atom is 0.246 e. The SMILES string of the molecule is CNCc1c(C)oc(C)c1S(=O)(=O)N(C)C(C)COC. The van der Waals surface area contributed by atoms with Gasteiger partial charge in [-0.2, -0.15) is 4.31 Å². The lowest BCUT2D eigenvalue weighted by atomic mass is 10.2. The summed E-state index contributed by atoms with van der Waals surface area (Å²) in [5, 5.41) is 2.98. The van der Waals surface area contributed by atoms with Gasteiger partial charge in [0, 0.05) is 32.3 Å². The summed E-state index contributed by atoms with van der Waals surface area (Å²) >= 11 is 0. The molecule has 1 atom stereocenters. The number of likely N-dealkylation sites (N-methyl/N-ethyl adjacent to an activating group) is 1. The highest BCUT2D eigenvalue weighted by Crippen LogP contribution is 2.29. The molecule has 0 amide bonds. The smallest absolute Gasteiger partial charge is 0.246 e. The van der Waals surface area contributed by atoms with Crippen molar-refractivity contribution < 1.29 is 17.6 Å². The number of nitrogens with zero attached hydrogens (tertiary/aromatic N) is 1. The van der Waals surface area contributed by atoms with E-state index in [1.165, 1.54) is 4.31 Å². The molecule has 0 aliphatic carbocycles. The number of aryl methyl sites for hydroxylation is 2. The third kappa shape index (κ3) is 3.22. The molecule has 0 spiro atoms. The average Bonchev–Trinajstić information content (AvgIpc) is 2.64. The Kier molecular flexibility index (Phi) is 5.76. The summed E-state index contributed by atoms with van der Waals surface area (Å²) in [4.78, 5) is 0.259. The molecule has 1 aromatic heterocycles. The Labute approximate surface area is 121 Å². The van der Waals surface area contributed by atoms with E-state index < -0.39 is 10.0 Å². The van der Waals surface area contributed by atoms with Crippen LogP contribution in [0.25, 0.3) is 0 Å². The molecule has 0 bridgehead atoms. The number of ether oxygens (including phenoxy) is 1. The van der Waals surface area contributed by atoms with Crippen LogP contribution in [0.5, 0.6) is 0 Å². The second-order valence-electron chi connectivity index (χ2n) is 4.88. The predicted octanol–water partition coefficient (Wildman–Crippen LogP) is 1.27. The van der Waals surface area contributed by atoms with Crippen LogP contribution >= 0.6 is 0 Å². The van der Waals surface area contributed by atoms with E-state index in [9.17, 15) is 8.42 Å². The predicted molar refractivity (Wildman–Crippen MR) is 77.2 cm³/mol. The highest BCUT2D eigenvalue weighted by atomic mass is 32.2. The number of rotatable bonds is 7. The van der Waals surface area contributed by atoms with E-state index in [0.717, 1.165) is 0 Å². The molecule has 7 heteroatoms. The minimum atomic E-state index is -3.60. The van der Waals surface area contributed by atoms with Crippen LogP contribution in [0.15, 0.2) is 9.31 Å². The largest absolute Gasteiger partial charge is 0.465 e. The maximum absolute atomic E-state index is 12.8. The van der Waals surface area contributed by atoms with E-state index in [1.54, 1.807) is 42.0 Å². The summed E-state index contributed by atoms with van der Waals surface area (Å²) < 4.78 is 37.4. The highest BCUT2D eigenvalue weighted by Gasteiger charge is 2.32. The Hall–Kier alpha value is -0.890. The maximum atomic E-state index is 12.8. The molecule has 0 saturated heterocycles. The molecule has 116 valence electrons. The van der Waals surface area contributed by atoms with Crippen LogP contribution in [0.1, 0.15) is 24.0 Å². The topological polar surface area (TPSA) is 71.8 Å². The van der Waals surface area contributed by atoms with Gasteiger partial charge in [0.15, 0.2) is 0 Å². The minimum absolute atomic E-state index is 0.248. The Bertz CT molecular complexity index is 551. The second kappa shape index (κ2) is 6.71. The van der Waals surface area contributed by atoms with Crippen LogP contribution in [-0.2, 0) is 21.3 Å². The third-order valence-electron chi connectivity index (χ3n) is 3.34. The van der Waals surface area contributed by atoms with Gasteiger partial charge in [0.1, 0.15) is 16.4 Å². The molecular formula is C13H24N2O4S. The fourth-order valence-corrected chi connectivity index (χ4v) is 3.91. The number of sulfonamides is 1. The quantitative estimate of drug-likeness (QED) is 0.821. The van der Waals surface area contributed by atoms with Crippen LogP contribution in [0.4, 0.5) is 0 Å². The van der Waals surface area contributed by atoms with Crippen molar-refractivity contribution >= 4 is 10.0 Å². The molecule has 0 fully saturated rings. The number of furan rings is 1. The van der Waals surface area contributed by atoms with Gasteiger partial charge in [0.05, 0.1) is 6.61 Å². The van der Waals surface area contributed by atoms with Gasteiger partial charge in [-0.25, -0.2) is 8.42 Å². The van der Waals surface area contributed by atoms with Crippen molar-refractivity contribution in [3.8, 4) is 0 Å². The first kappa shape index (κ1) is 17.2. The normalized spacial score (nSPS) is 13.9. The van der Waals surface area contributed by atoms with Gasteiger partial charge in [0.2, 0.25) is 10.0 Å².